The highest BCUT2D eigenvalue weighted by atomic mass is 35.5. The third kappa shape index (κ3) is 3.45. The minimum atomic E-state index is -3.43. The van der Waals surface area contributed by atoms with Gasteiger partial charge in [0.25, 0.3) is 0 Å². The van der Waals surface area contributed by atoms with E-state index in [1.165, 1.54) is 22.6 Å². The number of rotatable bonds is 4. The zero-order valence-electron chi connectivity index (χ0n) is 10.9. The van der Waals surface area contributed by atoms with Gasteiger partial charge in [-0.15, -0.1) is 0 Å². The minimum absolute atomic E-state index is 0.209. The van der Waals surface area contributed by atoms with Crippen LogP contribution in [-0.4, -0.2) is 55.3 Å². The average Bonchev–Trinajstić information content (AvgIpc) is 2.40. The van der Waals surface area contributed by atoms with Crippen LogP contribution in [0.1, 0.15) is 13.3 Å². The van der Waals surface area contributed by atoms with Crippen LogP contribution in [0, 0.1) is 0 Å². The van der Waals surface area contributed by atoms with Crippen molar-refractivity contribution in [2.45, 2.75) is 18.2 Å². The second kappa shape index (κ2) is 6.17. The summed E-state index contributed by atoms with van der Waals surface area (Å²) in [5.41, 5.74) is 0. The molecule has 106 valence electrons. The molecule has 0 aliphatic carbocycles. The van der Waals surface area contributed by atoms with Crippen molar-refractivity contribution in [3.05, 3.63) is 23.5 Å². The molecule has 1 aliphatic rings. The normalized spacial score (nSPS) is 18.6. The van der Waals surface area contributed by atoms with E-state index in [0.29, 0.717) is 18.2 Å². The van der Waals surface area contributed by atoms with Gasteiger partial charge in [-0.3, -0.25) is 0 Å². The van der Waals surface area contributed by atoms with E-state index >= 15 is 0 Å². The van der Waals surface area contributed by atoms with E-state index < -0.39 is 10.0 Å². The first-order chi connectivity index (χ1) is 9.04. The summed E-state index contributed by atoms with van der Waals surface area (Å²) in [5.74, 6) is 0. The van der Waals surface area contributed by atoms with E-state index in [0.717, 1.165) is 26.1 Å². The standard InChI is InChI=1S/C12H18ClN3O2S/c1-2-5-15-6-8-16(9-7-15)19(17,18)11-3-4-12(13)14-10-11/h3-4,10H,2,5-9H2,1H3. The van der Waals surface area contributed by atoms with Crippen LogP contribution in [0.15, 0.2) is 23.2 Å². The summed E-state index contributed by atoms with van der Waals surface area (Å²) in [6.07, 6.45) is 2.41. The van der Waals surface area contributed by atoms with Gasteiger partial charge in [0.1, 0.15) is 10.0 Å². The van der Waals surface area contributed by atoms with Gasteiger partial charge in [-0.25, -0.2) is 13.4 Å². The largest absolute Gasteiger partial charge is 0.301 e. The van der Waals surface area contributed by atoms with E-state index in [-0.39, 0.29) is 4.90 Å². The highest BCUT2D eigenvalue weighted by Crippen LogP contribution is 2.18. The Morgan fingerprint density at radius 2 is 1.95 bits per heavy atom. The fourth-order valence-electron chi connectivity index (χ4n) is 2.17. The number of nitrogens with zero attached hydrogens (tertiary/aromatic N) is 3. The molecule has 1 aromatic rings. The first kappa shape index (κ1) is 14.7. The molecule has 7 heteroatoms. The SMILES string of the molecule is CCCN1CCN(S(=O)(=O)c2ccc(Cl)nc2)CC1. The topological polar surface area (TPSA) is 53.5 Å². The molecule has 0 spiro atoms. The van der Waals surface area contributed by atoms with Gasteiger partial charge in [0, 0.05) is 32.4 Å². The molecule has 1 fully saturated rings. The van der Waals surface area contributed by atoms with Crippen molar-refractivity contribution in [2.75, 3.05) is 32.7 Å². The van der Waals surface area contributed by atoms with Gasteiger partial charge in [0.2, 0.25) is 10.0 Å². The van der Waals surface area contributed by atoms with Gasteiger partial charge in [-0.05, 0) is 25.1 Å². The van der Waals surface area contributed by atoms with Crippen molar-refractivity contribution < 1.29 is 8.42 Å². The molecule has 0 atom stereocenters. The van der Waals surface area contributed by atoms with E-state index in [4.69, 9.17) is 11.6 Å². The number of aromatic nitrogens is 1. The highest BCUT2D eigenvalue weighted by Gasteiger charge is 2.28. The van der Waals surface area contributed by atoms with E-state index in [1.807, 2.05) is 0 Å². The Hall–Kier alpha value is -0.690. The molecule has 0 aromatic carbocycles. The van der Waals surface area contributed by atoms with E-state index in [9.17, 15) is 8.42 Å². The Kier molecular flexibility index (Phi) is 4.78. The summed E-state index contributed by atoms with van der Waals surface area (Å²) in [7, 11) is -3.43. The molecule has 0 bridgehead atoms. The van der Waals surface area contributed by atoms with Crippen LogP contribution in [0.5, 0.6) is 0 Å². The van der Waals surface area contributed by atoms with Crippen LogP contribution in [0.4, 0.5) is 0 Å². The Bertz CT molecular complexity index is 510. The third-order valence-corrected chi connectivity index (χ3v) is 5.31. The molecule has 0 saturated carbocycles. The Morgan fingerprint density at radius 3 is 2.47 bits per heavy atom. The molecular formula is C12H18ClN3O2S. The molecule has 0 unspecified atom stereocenters. The van der Waals surface area contributed by atoms with Crippen molar-refractivity contribution in [3.63, 3.8) is 0 Å². The predicted octanol–water partition coefficient (Wildman–Crippen LogP) is 1.45. The highest BCUT2D eigenvalue weighted by molar-refractivity contribution is 7.89. The summed E-state index contributed by atoms with van der Waals surface area (Å²) < 4.78 is 26.3. The lowest BCUT2D eigenvalue weighted by Crippen LogP contribution is -2.48. The van der Waals surface area contributed by atoms with Gasteiger partial charge in [-0.1, -0.05) is 18.5 Å². The van der Waals surface area contributed by atoms with Crippen LogP contribution >= 0.6 is 11.6 Å². The van der Waals surface area contributed by atoms with Crippen LogP contribution in [0.25, 0.3) is 0 Å². The second-order valence-corrected chi connectivity index (χ2v) is 6.89. The van der Waals surface area contributed by atoms with Crippen LogP contribution in [0.3, 0.4) is 0 Å². The van der Waals surface area contributed by atoms with Gasteiger partial charge < -0.3 is 4.90 Å². The summed E-state index contributed by atoms with van der Waals surface area (Å²) in [4.78, 5) is 6.33. The molecule has 2 rings (SSSR count). The van der Waals surface area contributed by atoms with Crippen molar-refractivity contribution in [1.82, 2.24) is 14.2 Å². The van der Waals surface area contributed by atoms with E-state index in [1.54, 1.807) is 0 Å². The van der Waals surface area contributed by atoms with Gasteiger partial charge in [0.15, 0.2) is 0 Å². The molecule has 2 heterocycles. The Balaban J connectivity index is 2.07. The maximum Gasteiger partial charge on any atom is 0.244 e. The van der Waals surface area contributed by atoms with Crippen molar-refractivity contribution in [1.29, 1.82) is 0 Å². The molecule has 1 aliphatic heterocycles. The van der Waals surface area contributed by atoms with E-state index in [2.05, 4.69) is 16.8 Å². The number of hydrogen-bond acceptors (Lipinski definition) is 4. The zero-order valence-corrected chi connectivity index (χ0v) is 12.5. The molecule has 19 heavy (non-hydrogen) atoms. The lowest BCUT2D eigenvalue weighted by atomic mass is 10.3. The van der Waals surface area contributed by atoms with Gasteiger partial charge >= 0.3 is 0 Å². The Morgan fingerprint density at radius 1 is 1.26 bits per heavy atom. The summed E-state index contributed by atoms with van der Waals surface area (Å²) in [6, 6.07) is 3.00. The number of pyridine rings is 1. The quantitative estimate of drug-likeness (QED) is 0.790. The van der Waals surface area contributed by atoms with Crippen molar-refractivity contribution in [3.8, 4) is 0 Å². The third-order valence-electron chi connectivity index (χ3n) is 3.21. The average molecular weight is 304 g/mol. The van der Waals surface area contributed by atoms with Crippen molar-refractivity contribution >= 4 is 21.6 Å². The van der Waals surface area contributed by atoms with Crippen molar-refractivity contribution in [2.24, 2.45) is 0 Å². The minimum Gasteiger partial charge on any atom is -0.301 e. The molecule has 1 aromatic heterocycles. The predicted molar refractivity (Wildman–Crippen MR) is 74.7 cm³/mol. The molecule has 0 radical (unpaired) electrons. The number of sulfonamides is 1. The molecule has 5 nitrogen and oxygen atoms in total. The molecular weight excluding hydrogens is 286 g/mol. The van der Waals surface area contributed by atoms with Crippen LogP contribution < -0.4 is 0 Å². The first-order valence-electron chi connectivity index (χ1n) is 6.38. The summed E-state index contributed by atoms with van der Waals surface area (Å²) in [6.45, 7) is 5.79. The summed E-state index contributed by atoms with van der Waals surface area (Å²) >= 11 is 5.68. The molecule has 0 N–H and O–H groups in total. The lowest BCUT2D eigenvalue weighted by molar-refractivity contribution is 0.188. The molecule has 0 amide bonds. The van der Waals surface area contributed by atoms with Gasteiger partial charge in [0.05, 0.1) is 0 Å². The molecule has 1 saturated heterocycles. The van der Waals surface area contributed by atoms with Crippen LogP contribution in [-0.2, 0) is 10.0 Å². The number of piperazine rings is 1. The Labute approximate surface area is 119 Å². The smallest absolute Gasteiger partial charge is 0.244 e. The fraction of sp³-hybridized carbons (Fsp3) is 0.583. The second-order valence-electron chi connectivity index (χ2n) is 4.56. The maximum absolute atomic E-state index is 12.4. The fourth-order valence-corrected chi connectivity index (χ4v) is 3.65. The lowest BCUT2D eigenvalue weighted by Gasteiger charge is -2.33. The first-order valence-corrected chi connectivity index (χ1v) is 8.20. The van der Waals surface area contributed by atoms with Gasteiger partial charge in [-0.2, -0.15) is 4.31 Å². The maximum atomic E-state index is 12.4. The van der Waals surface area contributed by atoms with Crippen LogP contribution in [0.2, 0.25) is 5.15 Å². The monoisotopic (exact) mass is 303 g/mol. The number of halogens is 1. The zero-order chi connectivity index (χ0) is 13.9. The summed E-state index contributed by atoms with van der Waals surface area (Å²) in [5, 5.41) is 0.298. The number of hydrogen-bond donors (Lipinski definition) is 0.